The Morgan fingerprint density at radius 2 is 1.96 bits per heavy atom. The number of methoxy groups -OCH3 is 1. The number of hydrogen-bond acceptors (Lipinski definition) is 4. The van der Waals surface area contributed by atoms with Crippen molar-refractivity contribution >= 4 is 18.5 Å². The Labute approximate surface area is 147 Å². The summed E-state index contributed by atoms with van der Waals surface area (Å²) in [6, 6.07) is 14.9. The first kappa shape index (κ1) is 18.3. The number of alkyl carbamates (subject to hydrolysis) is 1. The molecule has 2 rings (SSSR count). The van der Waals surface area contributed by atoms with E-state index in [4.69, 9.17) is 9.47 Å². The molecule has 0 heterocycles. The first-order valence-corrected chi connectivity index (χ1v) is 7.97. The molecule has 25 heavy (non-hydrogen) atoms. The Morgan fingerprint density at radius 3 is 2.68 bits per heavy atom. The van der Waals surface area contributed by atoms with Crippen molar-refractivity contribution in [2.45, 2.75) is 13.0 Å². The molecule has 0 aromatic heterocycles. The highest BCUT2D eigenvalue weighted by Gasteiger charge is 2.02. The van der Waals surface area contributed by atoms with Crippen LogP contribution in [0.1, 0.15) is 27.9 Å². The zero-order chi connectivity index (χ0) is 17.9. The number of carbonyl (C=O) groups excluding carboxylic acids is 2. The maximum Gasteiger partial charge on any atom is 0.407 e. The molecule has 2 aromatic carbocycles. The van der Waals surface area contributed by atoms with Crippen molar-refractivity contribution in [2.75, 3.05) is 13.7 Å². The lowest BCUT2D eigenvalue weighted by molar-refractivity contribution is 0.112. The van der Waals surface area contributed by atoms with E-state index >= 15 is 0 Å². The summed E-state index contributed by atoms with van der Waals surface area (Å²) in [5.41, 5.74) is 2.35. The van der Waals surface area contributed by atoms with Crippen LogP contribution in [0.2, 0.25) is 0 Å². The summed E-state index contributed by atoms with van der Waals surface area (Å²) >= 11 is 0. The van der Waals surface area contributed by atoms with Gasteiger partial charge in [-0.05, 0) is 29.7 Å². The van der Waals surface area contributed by atoms with Gasteiger partial charge in [-0.2, -0.15) is 0 Å². The van der Waals surface area contributed by atoms with Crippen LogP contribution in [-0.4, -0.2) is 26.0 Å². The maximum absolute atomic E-state index is 11.6. The fourth-order valence-corrected chi connectivity index (χ4v) is 2.20. The van der Waals surface area contributed by atoms with E-state index in [1.165, 1.54) is 7.11 Å². The minimum atomic E-state index is -0.440. The number of benzene rings is 2. The van der Waals surface area contributed by atoms with Crippen molar-refractivity contribution in [3.05, 3.63) is 71.3 Å². The molecule has 130 valence electrons. The molecule has 0 unspecified atom stereocenters. The molecule has 0 atom stereocenters. The van der Waals surface area contributed by atoms with Crippen LogP contribution in [0.25, 0.3) is 6.08 Å². The lowest BCUT2D eigenvalue weighted by Crippen LogP contribution is -2.24. The van der Waals surface area contributed by atoms with Gasteiger partial charge in [-0.3, -0.25) is 4.79 Å². The number of rotatable bonds is 8. The highest BCUT2D eigenvalue weighted by Crippen LogP contribution is 2.18. The standard InChI is InChI=1S/C20H21NO4/c1-24-19-11-10-16(13-18(19)14-22)7-5-6-12-21-20(23)25-15-17-8-3-2-4-9-17/h2-5,7-11,13-14H,6,12,15H2,1H3,(H,21,23). The highest BCUT2D eigenvalue weighted by molar-refractivity contribution is 5.80. The zero-order valence-electron chi connectivity index (χ0n) is 14.1. The predicted molar refractivity (Wildman–Crippen MR) is 96.7 cm³/mol. The van der Waals surface area contributed by atoms with Gasteiger partial charge in [-0.1, -0.05) is 48.6 Å². The first-order chi connectivity index (χ1) is 12.2. The largest absolute Gasteiger partial charge is 0.496 e. The summed E-state index contributed by atoms with van der Waals surface area (Å²) in [5, 5.41) is 2.69. The molecule has 5 nitrogen and oxygen atoms in total. The smallest absolute Gasteiger partial charge is 0.407 e. The third kappa shape index (κ3) is 6.14. The molecule has 5 heteroatoms. The average Bonchev–Trinajstić information content (AvgIpc) is 2.66. The van der Waals surface area contributed by atoms with E-state index < -0.39 is 6.09 Å². The third-order valence-corrected chi connectivity index (χ3v) is 3.48. The number of aldehydes is 1. The van der Waals surface area contributed by atoms with Crippen LogP contribution in [0.4, 0.5) is 4.79 Å². The topological polar surface area (TPSA) is 64.6 Å². The highest BCUT2D eigenvalue weighted by atomic mass is 16.5. The second-order valence-electron chi connectivity index (χ2n) is 5.30. The van der Waals surface area contributed by atoms with Gasteiger partial charge in [-0.25, -0.2) is 4.79 Å². The van der Waals surface area contributed by atoms with Crippen LogP contribution in [0.5, 0.6) is 5.75 Å². The molecule has 0 saturated carbocycles. The van der Waals surface area contributed by atoms with Gasteiger partial charge in [0.1, 0.15) is 12.4 Å². The molecule has 0 radical (unpaired) electrons. The number of hydrogen-bond donors (Lipinski definition) is 1. The van der Waals surface area contributed by atoms with Gasteiger partial charge in [0.05, 0.1) is 12.7 Å². The Balaban J connectivity index is 1.70. The van der Waals surface area contributed by atoms with Crippen molar-refractivity contribution in [1.82, 2.24) is 5.32 Å². The Bertz CT molecular complexity index is 726. The van der Waals surface area contributed by atoms with Crippen LogP contribution in [0, 0.1) is 0 Å². The number of carbonyl (C=O) groups is 2. The minimum absolute atomic E-state index is 0.253. The summed E-state index contributed by atoms with van der Waals surface area (Å²) < 4.78 is 10.2. The minimum Gasteiger partial charge on any atom is -0.496 e. The second-order valence-corrected chi connectivity index (χ2v) is 5.30. The van der Waals surface area contributed by atoms with E-state index in [1.807, 2.05) is 48.6 Å². The van der Waals surface area contributed by atoms with Gasteiger partial charge in [0.25, 0.3) is 0 Å². The maximum atomic E-state index is 11.6. The Morgan fingerprint density at radius 1 is 1.16 bits per heavy atom. The summed E-state index contributed by atoms with van der Waals surface area (Å²) in [4.78, 5) is 22.6. The third-order valence-electron chi connectivity index (χ3n) is 3.48. The summed E-state index contributed by atoms with van der Waals surface area (Å²) in [5.74, 6) is 0.551. The Kier molecular flexibility index (Phi) is 7.25. The summed E-state index contributed by atoms with van der Waals surface area (Å²) in [6.07, 6.45) is 4.80. The molecular weight excluding hydrogens is 318 g/mol. The Hall–Kier alpha value is -3.08. The average molecular weight is 339 g/mol. The normalized spacial score (nSPS) is 10.4. The quantitative estimate of drug-likeness (QED) is 0.586. The van der Waals surface area contributed by atoms with Crippen molar-refractivity contribution in [3.63, 3.8) is 0 Å². The van der Waals surface area contributed by atoms with Crippen LogP contribution < -0.4 is 10.1 Å². The van der Waals surface area contributed by atoms with Crippen molar-refractivity contribution < 1.29 is 19.1 Å². The van der Waals surface area contributed by atoms with E-state index in [1.54, 1.807) is 12.1 Å². The van der Waals surface area contributed by atoms with Crippen LogP contribution in [0.3, 0.4) is 0 Å². The van der Waals surface area contributed by atoms with E-state index in [0.717, 1.165) is 17.4 Å². The molecule has 2 aromatic rings. The van der Waals surface area contributed by atoms with Gasteiger partial charge in [-0.15, -0.1) is 0 Å². The van der Waals surface area contributed by atoms with Gasteiger partial charge >= 0.3 is 6.09 Å². The van der Waals surface area contributed by atoms with Crippen molar-refractivity contribution in [1.29, 1.82) is 0 Å². The molecule has 1 amide bonds. The fourth-order valence-electron chi connectivity index (χ4n) is 2.20. The van der Waals surface area contributed by atoms with E-state index in [0.29, 0.717) is 24.3 Å². The van der Waals surface area contributed by atoms with Crippen LogP contribution >= 0.6 is 0 Å². The van der Waals surface area contributed by atoms with Gasteiger partial charge in [0.15, 0.2) is 6.29 Å². The van der Waals surface area contributed by atoms with E-state index in [-0.39, 0.29) is 6.61 Å². The molecule has 0 bridgehead atoms. The van der Waals surface area contributed by atoms with E-state index in [9.17, 15) is 9.59 Å². The summed E-state index contributed by atoms with van der Waals surface area (Å²) in [6.45, 7) is 0.726. The number of ether oxygens (including phenoxy) is 2. The van der Waals surface area contributed by atoms with Crippen molar-refractivity contribution in [2.24, 2.45) is 0 Å². The zero-order valence-corrected chi connectivity index (χ0v) is 14.1. The number of amides is 1. The molecule has 0 aliphatic rings. The fraction of sp³-hybridized carbons (Fsp3) is 0.200. The van der Waals surface area contributed by atoms with E-state index in [2.05, 4.69) is 5.32 Å². The molecule has 0 aliphatic carbocycles. The monoisotopic (exact) mass is 339 g/mol. The SMILES string of the molecule is COc1ccc(C=CCCNC(=O)OCc2ccccc2)cc1C=O. The molecule has 0 saturated heterocycles. The second kappa shape index (κ2) is 9.93. The van der Waals surface area contributed by atoms with Gasteiger partial charge in [0, 0.05) is 6.54 Å². The lowest BCUT2D eigenvalue weighted by atomic mass is 10.1. The molecule has 0 aliphatic heterocycles. The molecule has 0 spiro atoms. The van der Waals surface area contributed by atoms with Crippen LogP contribution in [-0.2, 0) is 11.3 Å². The van der Waals surface area contributed by atoms with Crippen LogP contribution in [0.15, 0.2) is 54.6 Å². The van der Waals surface area contributed by atoms with Crippen molar-refractivity contribution in [3.8, 4) is 5.75 Å². The molecule has 0 fully saturated rings. The summed E-state index contributed by atoms with van der Waals surface area (Å²) in [7, 11) is 1.53. The lowest BCUT2D eigenvalue weighted by Gasteiger charge is -2.06. The number of nitrogens with one attached hydrogen (secondary N) is 1. The molecule has 1 N–H and O–H groups in total. The first-order valence-electron chi connectivity index (χ1n) is 7.97. The molecular formula is C20H21NO4. The predicted octanol–water partition coefficient (Wildman–Crippen LogP) is 3.84. The van der Waals surface area contributed by atoms with Gasteiger partial charge in [0.2, 0.25) is 0 Å². The van der Waals surface area contributed by atoms with Gasteiger partial charge < -0.3 is 14.8 Å².